The van der Waals surface area contributed by atoms with Crippen molar-refractivity contribution in [3.8, 4) is 0 Å². The highest BCUT2D eigenvalue weighted by atomic mass is 32.1. The van der Waals surface area contributed by atoms with E-state index in [1.807, 2.05) is 0 Å². The van der Waals surface area contributed by atoms with Crippen molar-refractivity contribution in [1.82, 2.24) is 4.90 Å². The van der Waals surface area contributed by atoms with Gasteiger partial charge in [-0.2, -0.15) is 0 Å². The quantitative estimate of drug-likeness (QED) is 0.685. The predicted octanol–water partition coefficient (Wildman–Crippen LogP) is 1.68. The summed E-state index contributed by atoms with van der Waals surface area (Å²) in [6.07, 6.45) is 7.64. The number of rotatable bonds is 2. The van der Waals surface area contributed by atoms with Crippen LogP contribution in [0.1, 0.15) is 38.5 Å². The first-order valence-corrected chi connectivity index (χ1v) is 5.71. The molecule has 2 aliphatic rings. The molecule has 0 aromatic rings. The second kappa shape index (κ2) is 3.54. The first-order chi connectivity index (χ1) is 6.26. The van der Waals surface area contributed by atoms with Crippen LogP contribution in [0, 0.1) is 0 Å². The van der Waals surface area contributed by atoms with E-state index in [4.69, 9.17) is 18.0 Å². The van der Waals surface area contributed by atoms with Gasteiger partial charge in [0, 0.05) is 0 Å². The van der Waals surface area contributed by atoms with Gasteiger partial charge in [0.25, 0.3) is 0 Å². The van der Waals surface area contributed by atoms with Gasteiger partial charge >= 0.3 is 0 Å². The van der Waals surface area contributed by atoms with E-state index < -0.39 is 0 Å². The summed E-state index contributed by atoms with van der Waals surface area (Å²) in [6, 6.07) is 0. The summed E-state index contributed by atoms with van der Waals surface area (Å²) in [5.41, 5.74) is 6.02. The van der Waals surface area contributed by atoms with Crippen LogP contribution in [0.2, 0.25) is 0 Å². The first-order valence-electron chi connectivity index (χ1n) is 5.31. The van der Waals surface area contributed by atoms with Gasteiger partial charge in [0.05, 0.1) is 10.5 Å². The average molecular weight is 198 g/mol. The Hall–Kier alpha value is -0.150. The zero-order chi connectivity index (χ0) is 9.31. The number of hydrogen-bond acceptors (Lipinski definition) is 2. The average Bonchev–Trinajstić information content (AvgIpc) is 2.75. The van der Waals surface area contributed by atoms with E-state index in [0.29, 0.717) is 0 Å². The SMILES string of the molecule is NC(=S)C1(N2CCCC2)CCCC1. The van der Waals surface area contributed by atoms with Crippen LogP contribution in [0.5, 0.6) is 0 Å². The number of thiocarbonyl (C=S) groups is 1. The lowest BCUT2D eigenvalue weighted by Gasteiger charge is -2.37. The molecule has 74 valence electrons. The third-order valence-corrected chi connectivity index (χ3v) is 3.98. The van der Waals surface area contributed by atoms with Crippen molar-refractivity contribution in [2.24, 2.45) is 5.73 Å². The molecular formula is C10H18N2S. The molecule has 0 unspecified atom stereocenters. The topological polar surface area (TPSA) is 29.3 Å². The Kier molecular flexibility index (Phi) is 2.56. The van der Waals surface area contributed by atoms with Crippen LogP contribution in [0.3, 0.4) is 0 Å². The zero-order valence-electron chi connectivity index (χ0n) is 8.09. The van der Waals surface area contributed by atoms with E-state index in [1.165, 1.54) is 51.6 Å². The van der Waals surface area contributed by atoms with Gasteiger partial charge in [-0.1, -0.05) is 25.1 Å². The Bertz CT molecular complexity index is 203. The predicted molar refractivity (Wildman–Crippen MR) is 58.8 cm³/mol. The standard InChI is InChI=1S/C10H18N2S/c11-9(13)10(5-1-2-6-10)12-7-3-4-8-12/h1-8H2,(H2,11,13). The Morgan fingerprint density at radius 1 is 1.08 bits per heavy atom. The largest absolute Gasteiger partial charge is 0.392 e. The summed E-state index contributed by atoms with van der Waals surface area (Å²) in [4.78, 5) is 3.27. The van der Waals surface area contributed by atoms with Gasteiger partial charge in [-0.3, -0.25) is 4.90 Å². The second-order valence-electron chi connectivity index (χ2n) is 4.30. The molecule has 1 heterocycles. The lowest BCUT2D eigenvalue weighted by Crippen LogP contribution is -2.53. The molecule has 1 saturated carbocycles. The molecular weight excluding hydrogens is 180 g/mol. The Balaban J connectivity index is 2.16. The number of nitrogens with zero attached hydrogens (tertiary/aromatic N) is 1. The monoisotopic (exact) mass is 198 g/mol. The fourth-order valence-corrected chi connectivity index (χ4v) is 3.16. The lowest BCUT2D eigenvalue weighted by atomic mass is 9.95. The van der Waals surface area contributed by atoms with E-state index in [-0.39, 0.29) is 5.54 Å². The molecule has 3 heteroatoms. The summed E-state index contributed by atoms with van der Waals surface area (Å²) in [6.45, 7) is 2.41. The van der Waals surface area contributed by atoms with Crippen molar-refractivity contribution in [2.75, 3.05) is 13.1 Å². The maximum absolute atomic E-state index is 5.90. The van der Waals surface area contributed by atoms with E-state index in [9.17, 15) is 0 Å². The summed E-state index contributed by atoms with van der Waals surface area (Å²) < 4.78 is 0. The van der Waals surface area contributed by atoms with Gasteiger partial charge in [-0.05, 0) is 38.8 Å². The van der Waals surface area contributed by atoms with Gasteiger partial charge in [-0.15, -0.1) is 0 Å². The van der Waals surface area contributed by atoms with Crippen molar-refractivity contribution in [1.29, 1.82) is 0 Å². The Labute approximate surface area is 85.5 Å². The Morgan fingerprint density at radius 3 is 2.08 bits per heavy atom. The second-order valence-corrected chi connectivity index (χ2v) is 4.74. The molecule has 0 bridgehead atoms. The summed E-state index contributed by atoms with van der Waals surface area (Å²) in [5, 5.41) is 0. The minimum absolute atomic E-state index is 0.117. The molecule has 1 aliphatic carbocycles. The maximum Gasteiger partial charge on any atom is 0.0933 e. The van der Waals surface area contributed by atoms with Crippen molar-refractivity contribution in [3.63, 3.8) is 0 Å². The van der Waals surface area contributed by atoms with E-state index >= 15 is 0 Å². The molecule has 0 radical (unpaired) electrons. The molecule has 0 amide bonds. The van der Waals surface area contributed by atoms with Crippen molar-refractivity contribution >= 4 is 17.2 Å². The van der Waals surface area contributed by atoms with E-state index in [1.54, 1.807) is 0 Å². The van der Waals surface area contributed by atoms with Crippen LogP contribution >= 0.6 is 12.2 Å². The molecule has 2 rings (SSSR count). The van der Waals surface area contributed by atoms with Crippen LogP contribution < -0.4 is 5.73 Å². The zero-order valence-corrected chi connectivity index (χ0v) is 8.91. The van der Waals surface area contributed by atoms with Gasteiger partial charge in [0.15, 0.2) is 0 Å². The fraction of sp³-hybridized carbons (Fsp3) is 0.900. The van der Waals surface area contributed by atoms with Crippen LogP contribution in [-0.2, 0) is 0 Å². The van der Waals surface area contributed by atoms with Crippen molar-refractivity contribution in [2.45, 2.75) is 44.1 Å². The van der Waals surface area contributed by atoms with Crippen LogP contribution in [-0.4, -0.2) is 28.5 Å². The summed E-state index contributed by atoms with van der Waals surface area (Å²) in [7, 11) is 0. The highest BCUT2D eigenvalue weighted by molar-refractivity contribution is 7.80. The first kappa shape index (κ1) is 9.41. The number of likely N-dealkylation sites (tertiary alicyclic amines) is 1. The molecule has 0 atom stereocenters. The molecule has 13 heavy (non-hydrogen) atoms. The summed E-state index contributed by atoms with van der Waals surface area (Å²) >= 11 is 5.24. The van der Waals surface area contributed by atoms with Crippen molar-refractivity contribution < 1.29 is 0 Å². The van der Waals surface area contributed by atoms with E-state index in [2.05, 4.69) is 4.90 Å². The normalized spacial score (nSPS) is 28.0. The molecule has 0 aromatic heterocycles. The highest BCUT2D eigenvalue weighted by Crippen LogP contribution is 2.37. The van der Waals surface area contributed by atoms with Crippen LogP contribution in [0.15, 0.2) is 0 Å². The third-order valence-electron chi connectivity index (χ3n) is 3.60. The van der Waals surface area contributed by atoms with Gasteiger partial charge in [0.2, 0.25) is 0 Å². The maximum atomic E-state index is 5.90. The minimum Gasteiger partial charge on any atom is -0.392 e. The Morgan fingerprint density at radius 2 is 1.62 bits per heavy atom. The van der Waals surface area contributed by atoms with Gasteiger partial charge in [0.1, 0.15) is 0 Å². The fourth-order valence-electron chi connectivity index (χ4n) is 2.82. The number of nitrogens with two attached hydrogens (primary N) is 1. The number of hydrogen-bond donors (Lipinski definition) is 1. The smallest absolute Gasteiger partial charge is 0.0933 e. The molecule has 2 nitrogen and oxygen atoms in total. The molecule has 2 fully saturated rings. The molecule has 0 spiro atoms. The summed E-state index contributed by atoms with van der Waals surface area (Å²) in [5.74, 6) is 0. The molecule has 1 aliphatic heterocycles. The lowest BCUT2D eigenvalue weighted by molar-refractivity contribution is 0.192. The van der Waals surface area contributed by atoms with Crippen molar-refractivity contribution in [3.05, 3.63) is 0 Å². The highest BCUT2D eigenvalue weighted by Gasteiger charge is 2.42. The third kappa shape index (κ3) is 1.48. The molecule has 2 N–H and O–H groups in total. The van der Waals surface area contributed by atoms with Gasteiger partial charge in [-0.25, -0.2) is 0 Å². The van der Waals surface area contributed by atoms with Gasteiger partial charge < -0.3 is 5.73 Å². The van der Waals surface area contributed by atoms with Crippen LogP contribution in [0.4, 0.5) is 0 Å². The molecule has 0 aromatic carbocycles. The van der Waals surface area contributed by atoms with E-state index in [0.717, 1.165) is 4.99 Å². The van der Waals surface area contributed by atoms with Crippen LogP contribution in [0.25, 0.3) is 0 Å². The molecule has 1 saturated heterocycles. The minimum atomic E-state index is 0.117.